The molecule has 0 amide bonds. The van der Waals surface area contributed by atoms with Crippen molar-refractivity contribution in [1.29, 1.82) is 0 Å². The van der Waals surface area contributed by atoms with E-state index in [1.807, 2.05) is 25.1 Å². The molecule has 0 heterocycles. The third-order valence-corrected chi connectivity index (χ3v) is 2.74. The summed E-state index contributed by atoms with van der Waals surface area (Å²) in [5.74, 6) is 0.229. The van der Waals surface area contributed by atoms with Gasteiger partial charge in [0.05, 0.1) is 12.0 Å². The summed E-state index contributed by atoms with van der Waals surface area (Å²) in [4.78, 5) is 0. The molecule has 0 spiro atoms. The minimum atomic E-state index is -0.532. The maximum absolute atomic E-state index is 9.25. The zero-order valence-electron chi connectivity index (χ0n) is 7.93. The SMILES string of the molecule is Cc1c(Cl)cccc1NCC(O)CCl. The van der Waals surface area contributed by atoms with Gasteiger partial charge >= 0.3 is 0 Å². The van der Waals surface area contributed by atoms with E-state index in [9.17, 15) is 5.11 Å². The van der Waals surface area contributed by atoms with E-state index >= 15 is 0 Å². The van der Waals surface area contributed by atoms with Crippen LogP contribution in [0.2, 0.25) is 5.02 Å². The Hall–Kier alpha value is -0.440. The Kier molecular flexibility index (Phi) is 4.52. The minimum Gasteiger partial charge on any atom is -0.390 e. The van der Waals surface area contributed by atoms with E-state index in [0.29, 0.717) is 6.54 Å². The van der Waals surface area contributed by atoms with Crippen LogP contribution in [0.4, 0.5) is 5.69 Å². The van der Waals surface area contributed by atoms with Crippen LogP contribution in [0.5, 0.6) is 0 Å². The van der Waals surface area contributed by atoms with Gasteiger partial charge in [0.15, 0.2) is 0 Å². The summed E-state index contributed by atoms with van der Waals surface area (Å²) in [5, 5.41) is 13.1. The molecule has 1 atom stereocenters. The Balaban J connectivity index is 2.63. The Morgan fingerprint density at radius 2 is 2.21 bits per heavy atom. The molecule has 4 heteroatoms. The zero-order valence-corrected chi connectivity index (χ0v) is 9.44. The van der Waals surface area contributed by atoms with Gasteiger partial charge in [-0.05, 0) is 24.6 Å². The first-order valence-electron chi connectivity index (χ1n) is 4.38. The van der Waals surface area contributed by atoms with Gasteiger partial charge < -0.3 is 10.4 Å². The van der Waals surface area contributed by atoms with Gasteiger partial charge in [-0.2, -0.15) is 0 Å². The Morgan fingerprint density at radius 1 is 1.50 bits per heavy atom. The fraction of sp³-hybridized carbons (Fsp3) is 0.400. The largest absolute Gasteiger partial charge is 0.390 e. The molecule has 0 saturated carbocycles. The molecule has 0 aromatic heterocycles. The lowest BCUT2D eigenvalue weighted by molar-refractivity contribution is 0.211. The molecule has 0 aliphatic rings. The molecule has 0 bridgehead atoms. The minimum absolute atomic E-state index is 0.229. The second kappa shape index (κ2) is 5.44. The lowest BCUT2D eigenvalue weighted by Crippen LogP contribution is -2.21. The van der Waals surface area contributed by atoms with Crippen LogP contribution in [0.1, 0.15) is 5.56 Å². The quantitative estimate of drug-likeness (QED) is 0.785. The molecule has 1 aromatic rings. The van der Waals surface area contributed by atoms with E-state index in [-0.39, 0.29) is 5.88 Å². The molecule has 78 valence electrons. The average Bonchev–Trinajstić information content (AvgIpc) is 2.20. The number of halogens is 2. The van der Waals surface area contributed by atoms with E-state index in [2.05, 4.69) is 5.32 Å². The number of aliphatic hydroxyl groups excluding tert-OH is 1. The Morgan fingerprint density at radius 3 is 2.86 bits per heavy atom. The Labute approximate surface area is 93.8 Å². The van der Waals surface area contributed by atoms with Gasteiger partial charge in [0.25, 0.3) is 0 Å². The number of nitrogens with one attached hydrogen (secondary N) is 1. The molecule has 0 aliphatic heterocycles. The van der Waals surface area contributed by atoms with Crippen molar-refractivity contribution in [2.24, 2.45) is 0 Å². The van der Waals surface area contributed by atoms with E-state index in [1.165, 1.54) is 0 Å². The maximum atomic E-state index is 9.25. The lowest BCUT2D eigenvalue weighted by atomic mass is 10.2. The van der Waals surface area contributed by atoms with Crippen molar-refractivity contribution >= 4 is 28.9 Å². The monoisotopic (exact) mass is 233 g/mol. The smallest absolute Gasteiger partial charge is 0.0847 e. The average molecular weight is 234 g/mol. The van der Waals surface area contributed by atoms with Gasteiger partial charge in [-0.1, -0.05) is 17.7 Å². The van der Waals surface area contributed by atoms with Crippen molar-refractivity contribution in [1.82, 2.24) is 0 Å². The van der Waals surface area contributed by atoms with E-state index < -0.39 is 6.10 Å². The second-order valence-corrected chi connectivity index (χ2v) is 3.82. The van der Waals surface area contributed by atoms with Gasteiger partial charge in [-0.25, -0.2) is 0 Å². The second-order valence-electron chi connectivity index (χ2n) is 3.10. The lowest BCUT2D eigenvalue weighted by Gasteiger charge is -2.12. The maximum Gasteiger partial charge on any atom is 0.0847 e. The van der Waals surface area contributed by atoms with Crippen LogP contribution in [0, 0.1) is 6.92 Å². The number of alkyl halides is 1. The first-order valence-corrected chi connectivity index (χ1v) is 5.29. The zero-order chi connectivity index (χ0) is 10.6. The van der Waals surface area contributed by atoms with Crippen LogP contribution in [0.25, 0.3) is 0 Å². The van der Waals surface area contributed by atoms with Crippen molar-refractivity contribution in [3.8, 4) is 0 Å². The third-order valence-electron chi connectivity index (χ3n) is 1.97. The molecule has 1 aromatic carbocycles. The molecule has 1 unspecified atom stereocenters. The summed E-state index contributed by atoms with van der Waals surface area (Å²) < 4.78 is 0. The summed E-state index contributed by atoms with van der Waals surface area (Å²) in [5.41, 5.74) is 1.91. The molecule has 0 fully saturated rings. The number of hydrogen-bond donors (Lipinski definition) is 2. The number of rotatable bonds is 4. The predicted molar refractivity (Wildman–Crippen MR) is 61.4 cm³/mol. The van der Waals surface area contributed by atoms with Crippen LogP contribution in [0.15, 0.2) is 18.2 Å². The summed E-state index contributed by atoms with van der Waals surface area (Å²) in [6.45, 7) is 2.36. The molecule has 14 heavy (non-hydrogen) atoms. The van der Waals surface area contributed by atoms with Crippen molar-refractivity contribution in [3.05, 3.63) is 28.8 Å². The van der Waals surface area contributed by atoms with Crippen LogP contribution >= 0.6 is 23.2 Å². The third kappa shape index (κ3) is 3.05. The van der Waals surface area contributed by atoms with Gasteiger partial charge in [-0.3, -0.25) is 0 Å². The molecule has 0 aliphatic carbocycles. The molecule has 2 N–H and O–H groups in total. The van der Waals surface area contributed by atoms with Crippen LogP contribution in [0.3, 0.4) is 0 Å². The first kappa shape index (κ1) is 11.6. The number of anilines is 1. The molecule has 0 saturated heterocycles. The fourth-order valence-electron chi connectivity index (χ4n) is 1.08. The number of benzene rings is 1. The van der Waals surface area contributed by atoms with Gasteiger partial charge in [0, 0.05) is 17.3 Å². The normalized spacial score (nSPS) is 12.6. The van der Waals surface area contributed by atoms with Crippen LogP contribution in [-0.2, 0) is 0 Å². The van der Waals surface area contributed by atoms with Crippen LogP contribution in [-0.4, -0.2) is 23.6 Å². The summed E-state index contributed by atoms with van der Waals surface area (Å²) in [6, 6.07) is 5.62. The fourth-order valence-corrected chi connectivity index (χ4v) is 1.36. The van der Waals surface area contributed by atoms with Crippen LogP contribution < -0.4 is 5.32 Å². The highest BCUT2D eigenvalue weighted by Gasteiger charge is 2.04. The van der Waals surface area contributed by atoms with E-state index in [0.717, 1.165) is 16.3 Å². The summed E-state index contributed by atoms with van der Waals surface area (Å²) >= 11 is 11.4. The van der Waals surface area contributed by atoms with Crippen molar-refractivity contribution < 1.29 is 5.11 Å². The van der Waals surface area contributed by atoms with E-state index in [1.54, 1.807) is 0 Å². The highest BCUT2D eigenvalue weighted by molar-refractivity contribution is 6.31. The predicted octanol–water partition coefficient (Wildman–Crippen LogP) is 2.66. The van der Waals surface area contributed by atoms with Gasteiger partial charge in [0.1, 0.15) is 0 Å². The topological polar surface area (TPSA) is 32.3 Å². The molecule has 2 nitrogen and oxygen atoms in total. The Bertz CT molecular complexity index is 304. The highest BCUT2D eigenvalue weighted by Crippen LogP contribution is 2.22. The van der Waals surface area contributed by atoms with Gasteiger partial charge in [0.2, 0.25) is 0 Å². The van der Waals surface area contributed by atoms with Crippen molar-refractivity contribution in [3.63, 3.8) is 0 Å². The first-order chi connectivity index (χ1) is 6.65. The van der Waals surface area contributed by atoms with Crippen molar-refractivity contribution in [2.75, 3.05) is 17.7 Å². The standard InChI is InChI=1S/C10H13Cl2NO/c1-7-9(12)3-2-4-10(7)13-6-8(14)5-11/h2-4,8,13-14H,5-6H2,1H3. The van der Waals surface area contributed by atoms with E-state index in [4.69, 9.17) is 23.2 Å². The highest BCUT2D eigenvalue weighted by atomic mass is 35.5. The van der Waals surface area contributed by atoms with Gasteiger partial charge in [-0.15, -0.1) is 11.6 Å². The summed E-state index contributed by atoms with van der Waals surface area (Å²) in [6.07, 6.45) is -0.532. The molecule has 1 rings (SSSR count). The summed E-state index contributed by atoms with van der Waals surface area (Å²) in [7, 11) is 0. The van der Waals surface area contributed by atoms with Crippen molar-refractivity contribution in [2.45, 2.75) is 13.0 Å². The molecular weight excluding hydrogens is 221 g/mol. The molecular formula is C10H13Cl2NO. The number of aliphatic hydroxyl groups is 1. The number of hydrogen-bond acceptors (Lipinski definition) is 2. The molecule has 0 radical (unpaired) electrons.